The number of carbonyl (C=O) groups excluding carboxylic acids is 1. The number of likely N-dealkylation sites (tertiary alicyclic amines) is 1. The van der Waals surface area contributed by atoms with Crippen molar-refractivity contribution in [3.8, 4) is 17.3 Å². The lowest BCUT2D eigenvalue weighted by Gasteiger charge is -2.15. The van der Waals surface area contributed by atoms with Crippen molar-refractivity contribution in [3.63, 3.8) is 0 Å². The summed E-state index contributed by atoms with van der Waals surface area (Å²) in [7, 11) is 0. The molecule has 134 valence electrons. The number of aromatic hydroxyl groups is 1. The summed E-state index contributed by atoms with van der Waals surface area (Å²) in [6.45, 7) is 4.14. The molecule has 7 heteroatoms. The molecule has 3 N–H and O–H groups in total. The molecule has 0 saturated carbocycles. The number of H-pyrrole nitrogens is 1. The number of aromatic nitrogens is 3. The van der Waals surface area contributed by atoms with E-state index in [1.54, 1.807) is 24.4 Å². The zero-order chi connectivity index (χ0) is 17.9. The van der Waals surface area contributed by atoms with Crippen LogP contribution in [0.2, 0.25) is 0 Å². The molecule has 0 unspecified atom stereocenters. The number of aromatic amines is 1. The van der Waals surface area contributed by atoms with Crippen LogP contribution in [-0.4, -0.2) is 57.4 Å². The predicted octanol–water partition coefficient (Wildman–Crippen LogP) is 2.65. The zero-order valence-electron chi connectivity index (χ0n) is 14.4. The van der Waals surface area contributed by atoms with E-state index in [0.29, 0.717) is 22.5 Å². The molecule has 1 aliphatic rings. The Bertz CT molecular complexity index is 931. The fourth-order valence-electron chi connectivity index (χ4n) is 3.43. The maximum atomic E-state index is 11.6. The lowest BCUT2D eigenvalue weighted by atomic mass is 10.1. The van der Waals surface area contributed by atoms with Crippen LogP contribution in [0.3, 0.4) is 0 Å². The number of anilines is 1. The number of nitrogens with zero attached hydrogens (tertiary/aromatic N) is 3. The lowest BCUT2D eigenvalue weighted by molar-refractivity contribution is 0.112. The maximum absolute atomic E-state index is 11.6. The van der Waals surface area contributed by atoms with Crippen LogP contribution in [0.5, 0.6) is 5.75 Å². The maximum Gasteiger partial charge on any atom is 0.178 e. The Labute approximate surface area is 151 Å². The molecule has 3 heterocycles. The fourth-order valence-corrected chi connectivity index (χ4v) is 3.43. The van der Waals surface area contributed by atoms with Crippen molar-refractivity contribution in [3.05, 3.63) is 36.0 Å². The number of phenolic OH excluding ortho intramolecular Hbond substituents is 1. The van der Waals surface area contributed by atoms with E-state index in [0.717, 1.165) is 30.7 Å². The summed E-state index contributed by atoms with van der Waals surface area (Å²) < 4.78 is 0. The van der Waals surface area contributed by atoms with Gasteiger partial charge in [-0.3, -0.25) is 4.79 Å². The standard InChI is InChI=1S/C19H21N5O2/c25-12-15-14-11-13(26)3-4-16(14)22-18(15)19-21-6-5-17(23-19)20-7-10-24-8-1-2-9-24/h3-6,11-12,22,26H,1-2,7-10H2,(H,20,21,23). The van der Waals surface area contributed by atoms with Crippen molar-refractivity contribution in [1.29, 1.82) is 0 Å². The third-order valence-electron chi connectivity index (χ3n) is 4.75. The molecule has 0 radical (unpaired) electrons. The molecule has 0 spiro atoms. The molecule has 3 aromatic rings. The topological polar surface area (TPSA) is 94.1 Å². The summed E-state index contributed by atoms with van der Waals surface area (Å²) in [5.41, 5.74) is 1.77. The Morgan fingerprint density at radius 3 is 2.92 bits per heavy atom. The second-order valence-electron chi connectivity index (χ2n) is 6.50. The molecule has 7 nitrogen and oxygen atoms in total. The van der Waals surface area contributed by atoms with E-state index < -0.39 is 0 Å². The summed E-state index contributed by atoms with van der Waals surface area (Å²) in [6, 6.07) is 6.70. The summed E-state index contributed by atoms with van der Waals surface area (Å²) >= 11 is 0. The van der Waals surface area contributed by atoms with Crippen LogP contribution >= 0.6 is 0 Å². The number of hydrogen-bond donors (Lipinski definition) is 3. The van der Waals surface area contributed by atoms with Crippen molar-refractivity contribution in [1.82, 2.24) is 19.9 Å². The second-order valence-corrected chi connectivity index (χ2v) is 6.50. The highest BCUT2D eigenvalue weighted by Gasteiger charge is 2.16. The van der Waals surface area contributed by atoms with E-state index in [2.05, 4.69) is 25.2 Å². The van der Waals surface area contributed by atoms with Crippen LogP contribution in [0.25, 0.3) is 22.4 Å². The molecule has 26 heavy (non-hydrogen) atoms. The number of fused-ring (bicyclic) bond motifs is 1. The van der Waals surface area contributed by atoms with E-state index in [4.69, 9.17) is 0 Å². The third-order valence-corrected chi connectivity index (χ3v) is 4.75. The minimum absolute atomic E-state index is 0.115. The van der Waals surface area contributed by atoms with Gasteiger partial charge >= 0.3 is 0 Å². The van der Waals surface area contributed by atoms with Gasteiger partial charge in [-0.15, -0.1) is 0 Å². The normalized spacial score (nSPS) is 14.8. The summed E-state index contributed by atoms with van der Waals surface area (Å²) in [5, 5.41) is 13.7. The van der Waals surface area contributed by atoms with Gasteiger partial charge in [0.1, 0.15) is 11.6 Å². The number of rotatable bonds is 6. The molecule has 2 aromatic heterocycles. The average Bonchev–Trinajstić information content (AvgIpc) is 3.29. The van der Waals surface area contributed by atoms with Crippen LogP contribution < -0.4 is 5.32 Å². The molecule has 1 aliphatic heterocycles. The van der Waals surface area contributed by atoms with E-state index in [-0.39, 0.29) is 5.75 Å². The first-order chi connectivity index (χ1) is 12.7. The first-order valence-corrected chi connectivity index (χ1v) is 8.84. The molecule has 1 fully saturated rings. The van der Waals surface area contributed by atoms with Crippen LogP contribution in [-0.2, 0) is 0 Å². The van der Waals surface area contributed by atoms with Gasteiger partial charge in [0.15, 0.2) is 12.1 Å². The van der Waals surface area contributed by atoms with Gasteiger partial charge in [0.25, 0.3) is 0 Å². The van der Waals surface area contributed by atoms with Gasteiger partial charge in [-0.05, 0) is 50.2 Å². The van der Waals surface area contributed by atoms with Crippen LogP contribution in [0, 0.1) is 0 Å². The van der Waals surface area contributed by atoms with Gasteiger partial charge < -0.3 is 20.3 Å². The van der Waals surface area contributed by atoms with Gasteiger partial charge in [-0.2, -0.15) is 0 Å². The summed E-state index contributed by atoms with van der Waals surface area (Å²) in [4.78, 5) is 26.1. The smallest absolute Gasteiger partial charge is 0.178 e. The van der Waals surface area contributed by atoms with Crippen LogP contribution in [0.4, 0.5) is 5.82 Å². The Morgan fingerprint density at radius 1 is 1.27 bits per heavy atom. The fraction of sp³-hybridized carbons (Fsp3) is 0.316. The van der Waals surface area contributed by atoms with Crippen molar-refractivity contribution < 1.29 is 9.90 Å². The van der Waals surface area contributed by atoms with E-state index >= 15 is 0 Å². The minimum Gasteiger partial charge on any atom is -0.508 e. The van der Waals surface area contributed by atoms with E-state index in [1.165, 1.54) is 25.9 Å². The van der Waals surface area contributed by atoms with Crippen molar-refractivity contribution in [2.24, 2.45) is 0 Å². The number of phenols is 1. The largest absolute Gasteiger partial charge is 0.508 e. The van der Waals surface area contributed by atoms with Gasteiger partial charge in [0.2, 0.25) is 0 Å². The number of carbonyl (C=O) groups is 1. The summed E-state index contributed by atoms with van der Waals surface area (Å²) in [5.74, 6) is 1.30. The Morgan fingerprint density at radius 2 is 2.12 bits per heavy atom. The third kappa shape index (κ3) is 3.25. The average molecular weight is 351 g/mol. The minimum atomic E-state index is 0.115. The van der Waals surface area contributed by atoms with E-state index in [1.807, 2.05) is 6.07 Å². The van der Waals surface area contributed by atoms with Crippen molar-refractivity contribution in [2.75, 3.05) is 31.5 Å². The molecular formula is C19H21N5O2. The molecule has 1 aromatic carbocycles. The number of benzene rings is 1. The van der Waals surface area contributed by atoms with Gasteiger partial charge in [0.05, 0.1) is 11.3 Å². The Kier molecular flexibility index (Phi) is 4.53. The number of aldehydes is 1. The molecule has 0 aliphatic carbocycles. The first-order valence-electron chi connectivity index (χ1n) is 8.84. The molecule has 1 saturated heterocycles. The molecule has 0 atom stereocenters. The first kappa shape index (κ1) is 16.5. The molecule has 4 rings (SSSR count). The van der Waals surface area contributed by atoms with Crippen molar-refractivity contribution >= 4 is 23.0 Å². The quantitative estimate of drug-likeness (QED) is 0.591. The highest BCUT2D eigenvalue weighted by molar-refractivity contribution is 6.04. The molecular weight excluding hydrogens is 330 g/mol. The Hall–Kier alpha value is -2.93. The highest BCUT2D eigenvalue weighted by atomic mass is 16.3. The monoisotopic (exact) mass is 351 g/mol. The van der Waals surface area contributed by atoms with Gasteiger partial charge in [-0.1, -0.05) is 0 Å². The summed E-state index contributed by atoms with van der Waals surface area (Å²) in [6.07, 6.45) is 5.01. The highest BCUT2D eigenvalue weighted by Crippen LogP contribution is 2.29. The number of hydrogen-bond acceptors (Lipinski definition) is 6. The van der Waals surface area contributed by atoms with Gasteiger partial charge in [-0.25, -0.2) is 9.97 Å². The van der Waals surface area contributed by atoms with Gasteiger partial charge in [0, 0.05) is 30.2 Å². The van der Waals surface area contributed by atoms with E-state index in [9.17, 15) is 9.90 Å². The Balaban J connectivity index is 1.57. The second kappa shape index (κ2) is 7.13. The lowest BCUT2D eigenvalue weighted by Crippen LogP contribution is -2.26. The van der Waals surface area contributed by atoms with Crippen LogP contribution in [0.1, 0.15) is 23.2 Å². The number of nitrogens with one attached hydrogen (secondary N) is 2. The SMILES string of the molecule is O=Cc1c(-c2nccc(NCCN3CCCC3)n2)[nH]c2ccc(O)cc12. The van der Waals surface area contributed by atoms with Crippen molar-refractivity contribution in [2.45, 2.75) is 12.8 Å². The predicted molar refractivity (Wildman–Crippen MR) is 101 cm³/mol. The van der Waals surface area contributed by atoms with Crippen LogP contribution in [0.15, 0.2) is 30.5 Å². The zero-order valence-corrected chi connectivity index (χ0v) is 14.4. The molecule has 0 bridgehead atoms. The molecule has 0 amide bonds.